The van der Waals surface area contributed by atoms with Gasteiger partial charge in [0.25, 0.3) is 10.1 Å². The largest absolute Gasteiger partial charge is 0.479 e. The quantitative estimate of drug-likeness (QED) is 0.309. The minimum atomic E-state index is -3.85. The molecule has 1 N–H and O–H groups in total. The van der Waals surface area contributed by atoms with E-state index in [9.17, 15) is 13.2 Å². The second kappa shape index (κ2) is 4.66. The van der Waals surface area contributed by atoms with Crippen molar-refractivity contribution in [3.63, 3.8) is 0 Å². The number of nitrogens with zero attached hydrogens (tertiary/aromatic N) is 3. The third-order valence-electron chi connectivity index (χ3n) is 1.85. The molecule has 0 amide bonds. The average molecular weight is 251 g/mol. The highest BCUT2D eigenvalue weighted by Gasteiger charge is 2.44. The van der Waals surface area contributed by atoms with E-state index in [1.54, 1.807) is 0 Å². The molecule has 0 radical (unpaired) electrons. The molecule has 90 valence electrons. The molecule has 1 fully saturated rings. The van der Waals surface area contributed by atoms with E-state index < -0.39 is 34.3 Å². The van der Waals surface area contributed by atoms with Crippen molar-refractivity contribution in [3.8, 4) is 0 Å². The molecule has 0 aliphatic carbocycles. The number of hydrogen-bond donors (Lipinski definition) is 1. The Labute approximate surface area is 90.7 Å². The summed E-state index contributed by atoms with van der Waals surface area (Å²) in [7, 11) is -3.85. The Morgan fingerprint density at radius 3 is 2.75 bits per heavy atom. The monoisotopic (exact) mass is 251 g/mol. The minimum absolute atomic E-state index is 0.193. The first-order chi connectivity index (χ1) is 7.35. The van der Waals surface area contributed by atoms with Crippen molar-refractivity contribution in [3.05, 3.63) is 10.4 Å². The zero-order valence-corrected chi connectivity index (χ0v) is 8.99. The van der Waals surface area contributed by atoms with Crippen molar-refractivity contribution in [2.75, 3.05) is 12.9 Å². The fourth-order valence-electron chi connectivity index (χ4n) is 1.29. The third kappa shape index (κ3) is 3.07. The molecule has 0 saturated carbocycles. The molecule has 16 heavy (non-hydrogen) atoms. The SMILES string of the molecule is CS(=O)(=O)OC1C(N=[N+]=[N-])COC1C(=O)O. The second-order valence-electron chi connectivity index (χ2n) is 3.13. The first-order valence-corrected chi connectivity index (χ1v) is 5.93. The van der Waals surface area contributed by atoms with Crippen LogP contribution in [0.2, 0.25) is 0 Å². The Hall–Kier alpha value is -1.35. The molecule has 10 heteroatoms. The number of azide groups is 1. The van der Waals surface area contributed by atoms with Gasteiger partial charge < -0.3 is 9.84 Å². The zero-order chi connectivity index (χ0) is 12.3. The van der Waals surface area contributed by atoms with Crippen LogP contribution >= 0.6 is 0 Å². The molecule has 3 atom stereocenters. The van der Waals surface area contributed by atoms with Crippen LogP contribution in [0.1, 0.15) is 0 Å². The van der Waals surface area contributed by atoms with Crippen LogP contribution in [0.25, 0.3) is 10.4 Å². The summed E-state index contributed by atoms with van der Waals surface area (Å²) in [6, 6.07) is -0.971. The van der Waals surface area contributed by atoms with E-state index in [1.165, 1.54) is 0 Å². The predicted octanol–water partition coefficient (Wildman–Crippen LogP) is -0.507. The molecule has 1 aliphatic rings. The second-order valence-corrected chi connectivity index (χ2v) is 4.73. The summed E-state index contributed by atoms with van der Waals surface area (Å²) in [5, 5.41) is 12.0. The summed E-state index contributed by atoms with van der Waals surface area (Å²) >= 11 is 0. The number of hydrogen-bond acceptors (Lipinski definition) is 6. The van der Waals surface area contributed by atoms with Gasteiger partial charge in [-0.1, -0.05) is 5.11 Å². The molecular weight excluding hydrogens is 242 g/mol. The average Bonchev–Trinajstić information content (AvgIpc) is 2.47. The maximum atomic E-state index is 10.9. The van der Waals surface area contributed by atoms with E-state index in [4.69, 9.17) is 15.4 Å². The van der Waals surface area contributed by atoms with E-state index in [-0.39, 0.29) is 6.61 Å². The summed E-state index contributed by atoms with van der Waals surface area (Å²) in [5.74, 6) is -1.37. The number of carboxylic acid groups (broad SMARTS) is 1. The van der Waals surface area contributed by atoms with Gasteiger partial charge in [0.15, 0.2) is 6.10 Å². The molecule has 3 unspecified atom stereocenters. The van der Waals surface area contributed by atoms with Gasteiger partial charge in [-0.25, -0.2) is 4.79 Å². The lowest BCUT2D eigenvalue weighted by Gasteiger charge is -2.16. The van der Waals surface area contributed by atoms with Gasteiger partial charge >= 0.3 is 5.97 Å². The first-order valence-electron chi connectivity index (χ1n) is 4.12. The fourth-order valence-corrected chi connectivity index (χ4v) is 1.92. The van der Waals surface area contributed by atoms with Crippen LogP contribution in [0.4, 0.5) is 0 Å². The highest BCUT2D eigenvalue weighted by molar-refractivity contribution is 7.86. The van der Waals surface area contributed by atoms with Gasteiger partial charge in [-0.3, -0.25) is 4.18 Å². The van der Waals surface area contributed by atoms with Crippen LogP contribution in [-0.2, 0) is 23.8 Å². The Kier molecular flexibility index (Phi) is 3.70. The molecule has 1 rings (SSSR count). The predicted molar refractivity (Wildman–Crippen MR) is 50.0 cm³/mol. The summed E-state index contributed by atoms with van der Waals surface area (Å²) < 4.78 is 31.1. The molecular formula is C6H9N3O6S. The number of rotatable bonds is 4. The van der Waals surface area contributed by atoms with Crippen LogP contribution in [-0.4, -0.2) is 50.6 Å². The normalized spacial score (nSPS) is 29.7. The Bertz CT molecular complexity index is 418. The van der Waals surface area contributed by atoms with Crippen molar-refractivity contribution in [1.29, 1.82) is 0 Å². The van der Waals surface area contributed by atoms with Crippen molar-refractivity contribution >= 4 is 16.1 Å². The van der Waals surface area contributed by atoms with E-state index in [0.717, 1.165) is 6.26 Å². The number of aliphatic carboxylic acids is 1. The van der Waals surface area contributed by atoms with Gasteiger partial charge in [-0.05, 0) is 5.53 Å². The van der Waals surface area contributed by atoms with Gasteiger partial charge in [0.2, 0.25) is 0 Å². The van der Waals surface area contributed by atoms with Crippen LogP contribution in [0.5, 0.6) is 0 Å². The number of carbonyl (C=O) groups is 1. The van der Waals surface area contributed by atoms with Gasteiger partial charge in [0.1, 0.15) is 6.10 Å². The summed E-state index contributed by atoms with van der Waals surface area (Å²) in [5.41, 5.74) is 8.22. The molecule has 0 aromatic heterocycles. The van der Waals surface area contributed by atoms with E-state index in [0.29, 0.717) is 0 Å². The van der Waals surface area contributed by atoms with Gasteiger partial charge in [0, 0.05) is 4.91 Å². The standard InChI is InChI=1S/C6H9N3O6S/c1-16(12,13)15-4-3(8-9-7)2-14-5(4)6(10)11/h3-5H,2H2,1H3,(H,10,11). The number of carboxylic acids is 1. The van der Waals surface area contributed by atoms with Gasteiger partial charge in [-0.15, -0.1) is 0 Å². The molecule has 1 aliphatic heterocycles. The third-order valence-corrected chi connectivity index (χ3v) is 2.43. The Morgan fingerprint density at radius 2 is 2.31 bits per heavy atom. The smallest absolute Gasteiger partial charge is 0.335 e. The van der Waals surface area contributed by atoms with Crippen molar-refractivity contribution in [1.82, 2.24) is 0 Å². The van der Waals surface area contributed by atoms with Crippen molar-refractivity contribution in [2.45, 2.75) is 18.2 Å². The first kappa shape index (κ1) is 12.7. The Morgan fingerprint density at radius 1 is 1.69 bits per heavy atom. The molecule has 1 saturated heterocycles. The molecule has 0 aromatic carbocycles. The maximum absolute atomic E-state index is 10.9. The molecule has 9 nitrogen and oxygen atoms in total. The Balaban J connectivity index is 2.93. The van der Waals surface area contributed by atoms with E-state index >= 15 is 0 Å². The van der Waals surface area contributed by atoms with Crippen LogP contribution in [0.15, 0.2) is 5.11 Å². The summed E-state index contributed by atoms with van der Waals surface area (Å²) in [6.45, 7) is -0.193. The van der Waals surface area contributed by atoms with E-state index in [2.05, 4.69) is 14.2 Å². The fraction of sp³-hybridized carbons (Fsp3) is 0.833. The topological polar surface area (TPSA) is 139 Å². The highest BCUT2D eigenvalue weighted by atomic mass is 32.2. The minimum Gasteiger partial charge on any atom is -0.479 e. The highest BCUT2D eigenvalue weighted by Crippen LogP contribution is 2.22. The zero-order valence-electron chi connectivity index (χ0n) is 8.18. The van der Waals surface area contributed by atoms with Crippen LogP contribution in [0, 0.1) is 0 Å². The molecule has 0 aromatic rings. The lowest BCUT2D eigenvalue weighted by molar-refractivity contribution is -0.150. The van der Waals surface area contributed by atoms with Crippen LogP contribution in [0.3, 0.4) is 0 Å². The molecule has 1 heterocycles. The van der Waals surface area contributed by atoms with E-state index in [1.807, 2.05) is 0 Å². The summed E-state index contributed by atoms with van der Waals surface area (Å²) in [6.07, 6.45) is -2.01. The maximum Gasteiger partial charge on any atom is 0.335 e. The lowest BCUT2D eigenvalue weighted by Crippen LogP contribution is -2.38. The lowest BCUT2D eigenvalue weighted by atomic mass is 10.1. The van der Waals surface area contributed by atoms with Gasteiger partial charge in [-0.2, -0.15) is 8.42 Å². The van der Waals surface area contributed by atoms with Crippen molar-refractivity contribution < 1.29 is 27.2 Å². The molecule has 0 spiro atoms. The number of ether oxygens (including phenoxy) is 1. The summed E-state index contributed by atoms with van der Waals surface area (Å²) in [4.78, 5) is 13.2. The van der Waals surface area contributed by atoms with Crippen LogP contribution < -0.4 is 0 Å². The van der Waals surface area contributed by atoms with Gasteiger partial charge in [0.05, 0.1) is 18.9 Å². The molecule has 0 bridgehead atoms. The van der Waals surface area contributed by atoms with Crippen molar-refractivity contribution in [2.24, 2.45) is 5.11 Å².